The summed E-state index contributed by atoms with van der Waals surface area (Å²) in [7, 11) is 0. The number of nitrogens with zero attached hydrogens (tertiary/aromatic N) is 4. The van der Waals surface area contributed by atoms with Crippen LogP contribution in [0.5, 0.6) is 0 Å². The number of rotatable bonds is 3. The summed E-state index contributed by atoms with van der Waals surface area (Å²) >= 11 is 0. The lowest BCUT2D eigenvalue weighted by Crippen LogP contribution is -2.37. The van der Waals surface area contributed by atoms with Crippen LogP contribution >= 0.6 is 0 Å². The van der Waals surface area contributed by atoms with Crippen molar-refractivity contribution in [3.05, 3.63) is 11.6 Å². The lowest BCUT2D eigenvalue weighted by molar-refractivity contribution is -0.122. The van der Waals surface area contributed by atoms with Crippen molar-refractivity contribution in [1.29, 1.82) is 0 Å². The van der Waals surface area contributed by atoms with Crippen molar-refractivity contribution in [1.82, 2.24) is 19.7 Å². The van der Waals surface area contributed by atoms with Crippen molar-refractivity contribution in [3.63, 3.8) is 0 Å². The van der Waals surface area contributed by atoms with Crippen LogP contribution in [0.15, 0.2) is 0 Å². The van der Waals surface area contributed by atoms with E-state index in [0.717, 1.165) is 57.0 Å². The zero-order valence-corrected chi connectivity index (χ0v) is 12.6. The van der Waals surface area contributed by atoms with Gasteiger partial charge in [-0.05, 0) is 45.1 Å². The smallest absolute Gasteiger partial charge is 0.147 e. The van der Waals surface area contributed by atoms with Gasteiger partial charge in [0.05, 0.1) is 6.54 Å². The van der Waals surface area contributed by atoms with Crippen molar-refractivity contribution in [2.24, 2.45) is 5.92 Å². The van der Waals surface area contributed by atoms with Crippen LogP contribution in [0, 0.1) is 5.92 Å². The van der Waals surface area contributed by atoms with E-state index in [1.54, 1.807) is 0 Å². The van der Waals surface area contributed by atoms with Crippen molar-refractivity contribution in [3.8, 4) is 0 Å². The third kappa shape index (κ3) is 2.41. The van der Waals surface area contributed by atoms with Crippen LogP contribution in [0.2, 0.25) is 0 Å². The molecule has 5 heteroatoms. The Labute approximate surface area is 125 Å². The van der Waals surface area contributed by atoms with Gasteiger partial charge in [-0.2, -0.15) is 0 Å². The van der Waals surface area contributed by atoms with Crippen molar-refractivity contribution in [2.75, 3.05) is 6.54 Å². The lowest BCUT2D eigenvalue weighted by Gasteiger charge is -2.28. The third-order valence-electron chi connectivity index (χ3n) is 5.51. The first kappa shape index (κ1) is 13.4. The topological polar surface area (TPSA) is 51.0 Å². The van der Waals surface area contributed by atoms with Crippen LogP contribution in [0.3, 0.4) is 0 Å². The minimum Gasteiger partial charge on any atom is -0.314 e. The quantitative estimate of drug-likeness (QED) is 0.853. The minimum atomic E-state index is 0.288. The molecule has 1 saturated carbocycles. The van der Waals surface area contributed by atoms with Gasteiger partial charge in [0.25, 0.3) is 0 Å². The van der Waals surface area contributed by atoms with E-state index in [0.29, 0.717) is 11.8 Å². The average Bonchev–Trinajstić information content (AvgIpc) is 3.20. The van der Waals surface area contributed by atoms with Gasteiger partial charge in [0, 0.05) is 31.3 Å². The summed E-state index contributed by atoms with van der Waals surface area (Å²) in [4.78, 5) is 14.6. The maximum Gasteiger partial charge on any atom is 0.147 e. The number of likely N-dealkylation sites (tertiary alicyclic amines) is 1. The van der Waals surface area contributed by atoms with E-state index in [1.807, 2.05) is 0 Å². The van der Waals surface area contributed by atoms with Crippen LogP contribution in [-0.4, -0.2) is 38.0 Å². The van der Waals surface area contributed by atoms with Crippen LogP contribution in [0.1, 0.15) is 56.6 Å². The van der Waals surface area contributed by atoms with E-state index in [1.165, 1.54) is 25.7 Å². The van der Waals surface area contributed by atoms with Gasteiger partial charge < -0.3 is 4.57 Å². The molecule has 5 nitrogen and oxygen atoms in total. The molecule has 1 aromatic heterocycles. The van der Waals surface area contributed by atoms with Crippen LogP contribution in [-0.2, 0) is 24.3 Å². The Bertz CT molecular complexity index is 538. The van der Waals surface area contributed by atoms with Gasteiger partial charge in [-0.1, -0.05) is 0 Å². The predicted octanol–water partition coefficient (Wildman–Crippen LogP) is 1.95. The first-order valence-corrected chi connectivity index (χ1v) is 8.50. The second-order valence-electron chi connectivity index (χ2n) is 6.79. The predicted molar refractivity (Wildman–Crippen MR) is 78.7 cm³/mol. The molecule has 1 aliphatic carbocycles. The maximum absolute atomic E-state index is 12.1. The summed E-state index contributed by atoms with van der Waals surface area (Å²) in [6.07, 6.45) is 8.93. The number of aryl methyl sites for hydroxylation is 1. The first-order chi connectivity index (χ1) is 10.3. The highest BCUT2D eigenvalue weighted by Crippen LogP contribution is 2.34. The van der Waals surface area contributed by atoms with Crippen molar-refractivity contribution in [2.45, 2.75) is 70.5 Å². The Morgan fingerprint density at radius 1 is 1.00 bits per heavy atom. The molecule has 0 spiro atoms. The van der Waals surface area contributed by atoms with E-state index in [4.69, 9.17) is 0 Å². The summed E-state index contributed by atoms with van der Waals surface area (Å²) in [5, 5.41) is 8.78. The monoisotopic (exact) mass is 288 g/mol. The summed E-state index contributed by atoms with van der Waals surface area (Å²) in [5.74, 6) is 3.05. The van der Waals surface area contributed by atoms with Gasteiger partial charge in [0.1, 0.15) is 17.4 Å². The zero-order valence-electron chi connectivity index (χ0n) is 12.6. The summed E-state index contributed by atoms with van der Waals surface area (Å²) in [5.41, 5.74) is 0. The molecule has 0 aromatic carbocycles. The molecule has 1 aromatic rings. The summed E-state index contributed by atoms with van der Waals surface area (Å²) in [6, 6.07) is 0.455. The molecule has 3 aliphatic rings. The highest BCUT2D eigenvalue weighted by molar-refractivity contribution is 5.83. The van der Waals surface area contributed by atoms with Gasteiger partial charge in [0.15, 0.2) is 0 Å². The van der Waals surface area contributed by atoms with Gasteiger partial charge in [-0.15, -0.1) is 10.2 Å². The average molecular weight is 288 g/mol. The molecule has 114 valence electrons. The van der Waals surface area contributed by atoms with E-state index < -0.39 is 0 Å². The minimum absolute atomic E-state index is 0.288. The number of fused-ring (bicyclic) bond motifs is 1. The van der Waals surface area contributed by atoms with Crippen molar-refractivity contribution >= 4 is 5.78 Å². The Kier molecular flexibility index (Phi) is 3.53. The molecule has 2 unspecified atom stereocenters. The number of carbonyl (C=O) groups is 1. The van der Waals surface area contributed by atoms with E-state index in [2.05, 4.69) is 19.7 Å². The Morgan fingerprint density at radius 3 is 2.81 bits per heavy atom. The summed E-state index contributed by atoms with van der Waals surface area (Å²) in [6.45, 7) is 3.05. The van der Waals surface area contributed by atoms with Gasteiger partial charge >= 0.3 is 0 Å². The van der Waals surface area contributed by atoms with Crippen LogP contribution < -0.4 is 0 Å². The molecule has 1 saturated heterocycles. The molecule has 21 heavy (non-hydrogen) atoms. The van der Waals surface area contributed by atoms with E-state index >= 15 is 0 Å². The van der Waals surface area contributed by atoms with Gasteiger partial charge in [-0.3, -0.25) is 9.69 Å². The normalized spacial score (nSPS) is 30.0. The fourth-order valence-corrected chi connectivity index (χ4v) is 4.42. The Morgan fingerprint density at radius 2 is 1.95 bits per heavy atom. The second-order valence-corrected chi connectivity index (χ2v) is 6.79. The van der Waals surface area contributed by atoms with Crippen LogP contribution in [0.25, 0.3) is 0 Å². The fourth-order valence-electron chi connectivity index (χ4n) is 4.42. The lowest BCUT2D eigenvalue weighted by atomic mass is 9.95. The molecule has 2 atom stereocenters. The number of aromatic nitrogens is 3. The number of hydrogen-bond donors (Lipinski definition) is 0. The maximum atomic E-state index is 12.1. The van der Waals surface area contributed by atoms with Crippen molar-refractivity contribution < 1.29 is 4.79 Å². The van der Waals surface area contributed by atoms with E-state index in [9.17, 15) is 4.79 Å². The standard InChI is InChI=1S/C16H24N4O/c21-14-7-3-5-12(14)13-6-4-9-19(13)11-16-18-17-15-8-1-2-10-20(15)16/h12-13H,1-11H2. The molecule has 0 N–H and O–H groups in total. The first-order valence-electron chi connectivity index (χ1n) is 8.50. The van der Waals surface area contributed by atoms with Gasteiger partial charge in [0.2, 0.25) is 0 Å². The molecular weight excluding hydrogens is 264 g/mol. The third-order valence-corrected chi connectivity index (χ3v) is 5.51. The summed E-state index contributed by atoms with van der Waals surface area (Å²) < 4.78 is 2.31. The van der Waals surface area contributed by atoms with Crippen LogP contribution in [0.4, 0.5) is 0 Å². The fraction of sp³-hybridized carbons (Fsp3) is 0.812. The highest BCUT2D eigenvalue weighted by atomic mass is 16.1. The molecular formula is C16H24N4O. The molecule has 3 heterocycles. The number of hydrogen-bond acceptors (Lipinski definition) is 4. The molecule has 2 fully saturated rings. The highest BCUT2D eigenvalue weighted by Gasteiger charge is 2.38. The molecule has 4 rings (SSSR count). The number of carbonyl (C=O) groups excluding carboxylic acids is 1. The molecule has 0 amide bonds. The number of ketones is 1. The molecule has 0 bridgehead atoms. The van der Waals surface area contributed by atoms with Gasteiger partial charge in [-0.25, -0.2) is 0 Å². The zero-order chi connectivity index (χ0) is 14.2. The number of Topliss-reactive ketones (excluding diaryl/α,β-unsaturated/α-hetero) is 1. The Hall–Kier alpha value is -1.23. The largest absolute Gasteiger partial charge is 0.314 e. The molecule has 0 radical (unpaired) electrons. The Balaban J connectivity index is 1.51. The molecule has 2 aliphatic heterocycles. The SMILES string of the molecule is O=C1CCCC1C1CCCN1Cc1nnc2n1CCCC2. The van der Waals surface area contributed by atoms with E-state index in [-0.39, 0.29) is 5.92 Å². The second kappa shape index (κ2) is 5.52.